The van der Waals surface area contributed by atoms with Gasteiger partial charge in [-0.15, -0.1) is 0 Å². The van der Waals surface area contributed by atoms with Gasteiger partial charge in [0.15, 0.2) is 5.60 Å². The van der Waals surface area contributed by atoms with Crippen LogP contribution in [0.15, 0.2) is 11.8 Å². The van der Waals surface area contributed by atoms with Crippen molar-refractivity contribution in [1.82, 2.24) is 0 Å². The van der Waals surface area contributed by atoms with Crippen molar-refractivity contribution >= 4 is 0 Å². The summed E-state index contributed by atoms with van der Waals surface area (Å²) in [5, 5.41) is 0. The Morgan fingerprint density at radius 1 is 1.21 bits per heavy atom. The minimum absolute atomic E-state index is 0.324. The smallest absolute Gasteiger partial charge is 0.235 e. The van der Waals surface area contributed by atoms with Gasteiger partial charge in [0.25, 0.3) is 0 Å². The predicted octanol–water partition coefficient (Wildman–Crippen LogP) is 3.14. The highest BCUT2D eigenvalue weighted by Crippen LogP contribution is 2.59. The van der Waals surface area contributed by atoms with E-state index in [1.165, 1.54) is 12.0 Å². The Morgan fingerprint density at radius 2 is 2.05 bits per heavy atom. The summed E-state index contributed by atoms with van der Waals surface area (Å²) in [6.07, 6.45) is 5.87. The van der Waals surface area contributed by atoms with E-state index in [0.29, 0.717) is 17.8 Å². The first kappa shape index (κ1) is 12.2. The van der Waals surface area contributed by atoms with Crippen molar-refractivity contribution in [2.75, 3.05) is 0 Å². The molecule has 0 N–H and O–H groups in total. The van der Waals surface area contributed by atoms with Crippen molar-refractivity contribution in [3.8, 4) is 0 Å². The first-order valence-electron chi connectivity index (χ1n) is 7.42. The number of fused-ring (bicyclic) bond motifs is 2. The van der Waals surface area contributed by atoms with Gasteiger partial charge in [0, 0.05) is 18.3 Å². The largest absolute Gasteiger partial charge is 0.469 e. The lowest BCUT2D eigenvalue weighted by atomic mass is 9.60. The molecule has 2 bridgehead atoms. The Balaban J connectivity index is 1.85. The van der Waals surface area contributed by atoms with Crippen molar-refractivity contribution in [3.05, 3.63) is 11.8 Å². The molecule has 3 saturated heterocycles. The summed E-state index contributed by atoms with van der Waals surface area (Å²) >= 11 is 0. The summed E-state index contributed by atoms with van der Waals surface area (Å²) in [6, 6.07) is 0. The SMILES string of the molecule is CC1=CO[C@@H]2O[C@@]3(C)CC[C@H]4[C@H](C)CCC1[C@@]24OO3. The average molecular weight is 266 g/mol. The van der Waals surface area contributed by atoms with Gasteiger partial charge in [-0.1, -0.05) is 6.92 Å². The standard InChI is InChI=1S/C15H22O4/c1-9-4-5-11-10(2)8-16-13-15(11)12(9)6-7-14(3,17-13)18-19-15/h8-9,11-13H,4-7H2,1-3H3/t9-,11?,12+,13-,14-,15+/m1/s1. The van der Waals surface area contributed by atoms with Crippen LogP contribution in [0.4, 0.5) is 0 Å². The zero-order valence-corrected chi connectivity index (χ0v) is 11.8. The molecule has 4 heterocycles. The second-order valence-corrected chi connectivity index (χ2v) is 6.85. The molecule has 0 aromatic carbocycles. The van der Waals surface area contributed by atoms with E-state index in [9.17, 15) is 0 Å². The number of rotatable bonds is 0. The molecule has 0 aromatic rings. The van der Waals surface area contributed by atoms with Crippen LogP contribution in [-0.4, -0.2) is 17.7 Å². The van der Waals surface area contributed by atoms with Crippen molar-refractivity contribution in [2.45, 2.75) is 64.1 Å². The lowest BCUT2D eigenvalue weighted by Crippen LogP contribution is -2.66. The van der Waals surface area contributed by atoms with E-state index in [1.807, 2.05) is 13.2 Å². The normalized spacial score (nSPS) is 55.8. The van der Waals surface area contributed by atoms with Crippen LogP contribution >= 0.6 is 0 Å². The predicted molar refractivity (Wildman–Crippen MR) is 67.6 cm³/mol. The van der Waals surface area contributed by atoms with Crippen molar-refractivity contribution in [1.29, 1.82) is 0 Å². The fraction of sp³-hybridized carbons (Fsp3) is 0.867. The summed E-state index contributed by atoms with van der Waals surface area (Å²) in [6.45, 7) is 6.40. The average Bonchev–Trinajstić information content (AvgIpc) is 2.61. The molecular formula is C15H22O4. The molecule has 0 aromatic heterocycles. The van der Waals surface area contributed by atoms with Gasteiger partial charge in [-0.05, 0) is 44.6 Å². The quantitative estimate of drug-likeness (QED) is 0.631. The third-order valence-electron chi connectivity index (χ3n) is 5.65. The molecular weight excluding hydrogens is 244 g/mol. The van der Waals surface area contributed by atoms with Gasteiger partial charge < -0.3 is 9.47 Å². The Labute approximate surface area is 114 Å². The molecule has 1 saturated carbocycles. The highest BCUT2D eigenvalue weighted by atomic mass is 17.3. The van der Waals surface area contributed by atoms with E-state index in [-0.39, 0.29) is 6.29 Å². The molecule has 6 atom stereocenters. The van der Waals surface area contributed by atoms with E-state index >= 15 is 0 Å². The second kappa shape index (κ2) is 3.74. The molecule has 4 nitrogen and oxygen atoms in total. The molecule has 1 aliphatic carbocycles. The number of ether oxygens (including phenoxy) is 2. The highest BCUT2D eigenvalue weighted by Gasteiger charge is 2.67. The van der Waals surface area contributed by atoms with Crippen LogP contribution in [0.1, 0.15) is 46.5 Å². The van der Waals surface area contributed by atoms with E-state index in [1.54, 1.807) is 0 Å². The maximum absolute atomic E-state index is 6.11. The van der Waals surface area contributed by atoms with Gasteiger partial charge in [-0.25, -0.2) is 9.78 Å². The molecule has 0 amide bonds. The summed E-state index contributed by atoms with van der Waals surface area (Å²) < 4.78 is 12.0. The van der Waals surface area contributed by atoms with Crippen molar-refractivity contribution < 1.29 is 19.2 Å². The molecule has 1 unspecified atom stereocenters. The number of hydrogen-bond acceptors (Lipinski definition) is 4. The first-order valence-corrected chi connectivity index (χ1v) is 7.42. The van der Waals surface area contributed by atoms with Crippen molar-refractivity contribution in [3.63, 3.8) is 0 Å². The third kappa shape index (κ3) is 1.45. The molecule has 0 radical (unpaired) electrons. The first-order chi connectivity index (χ1) is 9.05. The second-order valence-electron chi connectivity index (χ2n) is 6.85. The van der Waals surface area contributed by atoms with Crippen LogP contribution in [0.5, 0.6) is 0 Å². The van der Waals surface area contributed by atoms with Gasteiger partial charge in [0.1, 0.15) is 0 Å². The van der Waals surface area contributed by atoms with Gasteiger partial charge >= 0.3 is 0 Å². The van der Waals surface area contributed by atoms with Gasteiger partial charge in [0.05, 0.1) is 6.26 Å². The number of hydrogen-bond donors (Lipinski definition) is 0. The third-order valence-corrected chi connectivity index (χ3v) is 5.65. The Kier molecular flexibility index (Phi) is 2.40. The summed E-state index contributed by atoms with van der Waals surface area (Å²) in [4.78, 5) is 11.7. The summed E-state index contributed by atoms with van der Waals surface area (Å²) in [7, 11) is 0. The molecule has 19 heavy (non-hydrogen) atoms. The van der Waals surface area contributed by atoms with Crippen molar-refractivity contribution in [2.24, 2.45) is 17.8 Å². The van der Waals surface area contributed by atoms with E-state index in [0.717, 1.165) is 19.3 Å². The lowest BCUT2D eigenvalue weighted by Gasteiger charge is -2.56. The maximum atomic E-state index is 6.11. The van der Waals surface area contributed by atoms with Gasteiger partial charge in [-0.2, -0.15) is 0 Å². The molecule has 5 rings (SSSR count). The zero-order valence-electron chi connectivity index (χ0n) is 11.8. The van der Waals surface area contributed by atoms with Crippen LogP contribution < -0.4 is 0 Å². The minimum Gasteiger partial charge on any atom is -0.469 e. The molecule has 106 valence electrons. The van der Waals surface area contributed by atoms with Gasteiger partial charge in [-0.3, -0.25) is 0 Å². The van der Waals surface area contributed by atoms with E-state index < -0.39 is 11.4 Å². The summed E-state index contributed by atoms with van der Waals surface area (Å²) in [5.74, 6) is 0.775. The van der Waals surface area contributed by atoms with Crippen LogP contribution in [-0.2, 0) is 19.2 Å². The lowest BCUT2D eigenvalue weighted by molar-refractivity contribution is -0.555. The molecule has 4 fully saturated rings. The molecule has 1 spiro atoms. The maximum Gasteiger partial charge on any atom is 0.235 e. The molecule has 4 heteroatoms. The Morgan fingerprint density at radius 3 is 2.89 bits per heavy atom. The summed E-state index contributed by atoms with van der Waals surface area (Å²) in [5.41, 5.74) is 0.817. The van der Waals surface area contributed by atoms with E-state index in [4.69, 9.17) is 19.2 Å². The zero-order chi connectivity index (χ0) is 13.3. The molecule has 4 aliphatic heterocycles. The topological polar surface area (TPSA) is 36.9 Å². The van der Waals surface area contributed by atoms with Crippen LogP contribution in [0.25, 0.3) is 0 Å². The van der Waals surface area contributed by atoms with Crippen LogP contribution in [0, 0.1) is 17.8 Å². The van der Waals surface area contributed by atoms with Crippen LogP contribution in [0.3, 0.4) is 0 Å². The fourth-order valence-corrected chi connectivity index (χ4v) is 4.55. The molecule has 5 aliphatic rings. The van der Waals surface area contributed by atoms with Gasteiger partial charge in [0.2, 0.25) is 12.1 Å². The van der Waals surface area contributed by atoms with Crippen LogP contribution in [0.2, 0.25) is 0 Å². The highest BCUT2D eigenvalue weighted by molar-refractivity contribution is 5.19. The minimum atomic E-state index is -0.656. The Hall–Kier alpha value is -0.580. The fourth-order valence-electron chi connectivity index (χ4n) is 4.55. The monoisotopic (exact) mass is 266 g/mol. The Bertz CT molecular complexity index is 434. The van der Waals surface area contributed by atoms with E-state index in [2.05, 4.69) is 13.8 Å².